The van der Waals surface area contributed by atoms with Crippen molar-refractivity contribution < 1.29 is 4.74 Å². The first-order valence-electron chi connectivity index (χ1n) is 7.37. The Kier molecular flexibility index (Phi) is 7.68. The van der Waals surface area contributed by atoms with Crippen molar-refractivity contribution in [2.24, 2.45) is 5.92 Å². The SMILES string of the molecule is CCNC(CCOCCC(C)C)c1cc(C)ccn1. The lowest BCUT2D eigenvalue weighted by atomic mass is 10.1. The van der Waals surface area contributed by atoms with E-state index in [1.54, 1.807) is 0 Å². The Morgan fingerprint density at radius 3 is 2.63 bits per heavy atom. The molecule has 1 aromatic rings. The molecule has 19 heavy (non-hydrogen) atoms. The summed E-state index contributed by atoms with van der Waals surface area (Å²) in [6, 6.07) is 4.48. The summed E-state index contributed by atoms with van der Waals surface area (Å²) in [6.45, 7) is 11.3. The number of pyridine rings is 1. The molecule has 0 saturated carbocycles. The van der Waals surface area contributed by atoms with Gasteiger partial charge in [0.2, 0.25) is 0 Å². The summed E-state index contributed by atoms with van der Waals surface area (Å²) >= 11 is 0. The van der Waals surface area contributed by atoms with E-state index in [1.165, 1.54) is 5.56 Å². The number of aryl methyl sites for hydroxylation is 1. The largest absolute Gasteiger partial charge is 0.381 e. The quantitative estimate of drug-likeness (QED) is 0.693. The molecule has 3 heteroatoms. The topological polar surface area (TPSA) is 34.1 Å². The molecule has 0 aliphatic heterocycles. The van der Waals surface area contributed by atoms with Crippen LogP contribution < -0.4 is 5.32 Å². The smallest absolute Gasteiger partial charge is 0.0576 e. The molecule has 0 aliphatic carbocycles. The zero-order valence-corrected chi connectivity index (χ0v) is 12.8. The predicted octanol–water partition coefficient (Wildman–Crippen LogP) is 3.49. The second-order valence-electron chi connectivity index (χ2n) is 5.45. The van der Waals surface area contributed by atoms with Crippen molar-refractivity contribution in [3.8, 4) is 0 Å². The Morgan fingerprint density at radius 2 is 2.00 bits per heavy atom. The molecule has 3 nitrogen and oxygen atoms in total. The summed E-state index contributed by atoms with van der Waals surface area (Å²) < 4.78 is 5.71. The van der Waals surface area contributed by atoms with Gasteiger partial charge in [-0.05, 0) is 49.9 Å². The Morgan fingerprint density at radius 1 is 1.26 bits per heavy atom. The second kappa shape index (κ2) is 9.05. The lowest BCUT2D eigenvalue weighted by Crippen LogP contribution is -2.23. The van der Waals surface area contributed by atoms with E-state index in [0.717, 1.165) is 38.3 Å². The van der Waals surface area contributed by atoms with Gasteiger partial charge in [-0.3, -0.25) is 4.98 Å². The maximum absolute atomic E-state index is 5.71. The van der Waals surface area contributed by atoms with Crippen LogP contribution in [0, 0.1) is 12.8 Å². The summed E-state index contributed by atoms with van der Waals surface area (Å²) in [5.41, 5.74) is 2.38. The zero-order valence-electron chi connectivity index (χ0n) is 12.8. The number of ether oxygens (including phenoxy) is 1. The van der Waals surface area contributed by atoms with E-state index < -0.39 is 0 Å². The number of aromatic nitrogens is 1. The molecule has 0 aromatic carbocycles. The Hall–Kier alpha value is -0.930. The molecule has 1 aromatic heterocycles. The van der Waals surface area contributed by atoms with Gasteiger partial charge in [-0.25, -0.2) is 0 Å². The minimum Gasteiger partial charge on any atom is -0.381 e. The molecule has 0 fully saturated rings. The molecule has 0 amide bonds. The molecule has 0 saturated heterocycles. The monoisotopic (exact) mass is 264 g/mol. The van der Waals surface area contributed by atoms with Gasteiger partial charge in [-0.15, -0.1) is 0 Å². The van der Waals surface area contributed by atoms with Crippen LogP contribution in [0.25, 0.3) is 0 Å². The summed E-state index contributed by atoms with van der Waals surface area (Å²) in [5.74, 6) is 0.711. The van der Waals surface area contributed by atoms with Crippen LogP contribution in [0.4, 0.5) is 0 Å². The van der Waals surface area contributed by atoms with Crippen molar-refractivity contribution in [2.75, 3.05) is 19.8 Å². The maximum atomic E-state index is 5.71. The van der Waals surface area contributed by atoms with E-state index in [2.05, 4.69) is 44.1 Å². The van der Waals surface area contributed by atoms with Gasteiger partial charge in [0.15, 0.2) is 0 Å². The molecule has 108 valence electrons. The van der Waals surface area contributed by atoms with Crippen LogP contribution >= 0.6 is 0 Å². The standard InChI is InChI=1S/C16H28N2O/c1-5-17-15(8-11-19-10-7-13(2)3)16-12-14(4)6-9-18-16/h6,9,12-13,15,17H,5,7-8,10-11H2,1-4H3. The van der Waals surface area contributed by atoms with Gasteiger partial charge >= 0.3 is 0 Å². The van der Waals surface area contributed by atoms with Crippen molar-refractivity contribution in [2.45, 2.75) is 46.6 Å². The van der Waals surface area contributed by atoms with Crippen LogP contribution in [-0.4, -0.2) is 24.7 Å². The van der Waals surface area contributed by atoms with E-state index in [0.29, 0.717) is 12.0 Å². The normalized spacial score (nSPS) is 12.9. The van der Waals surface area contributed by atoms with Gasteiger partial charge in [-0.2, -0.15) is 0 Å². The predicted molar refractivity (Wildman–Crippen MR) is 80.3 cm³/mol. The molecule has 0 spiro atoms. The Balaban J connectivity index is 2.40. The Labute approximate surface area is 117 Å². The average molecular weight is 264 g/mol. The van der Waals surface area contributed by atoms with Crippen LogP contribution in [-0.2, 0) is 4.74 Å². The minimum atomic E-state index is 0.295. The fourth-order valence-electron chi connectivity index (χ4n) is 1.97. The van der Waals surface area contributed by atoms with Gasteiger partial charge in [0.05, 0.1) is 11.7 Å². The van der Waals surface area contributed by atoms with Gasteiger partial charge in [-0.1, -0.05) is 20.8 Å². The van der Waals surface area contributed by atoms with Crippen LogP contribution in [0.2, 0.25) is 0 Å². The highest BCUT2D eigenvalue weighted by molar-refractivity contribution is 5.17. The summed E-state index contributed by atoms with van der Waals surface area (Å²) in [5, 5.41) is 3.48. The second-order valence-corrected chi connectivity index (χ2v) is 5.45. The van der Waals surface area contributed by atoms with Crippen molar-refractivity contribution >= 4 is 0 Å². The molecule has 0 bridgehead atoms. The van der Waals surface area contributed by atoms with Crippen molar-refractivity contribution in [3.05, 3.63) is 29.6 Å². The maximum Gasteiger partial charge on any atom is 0.0576 e. The fourth-order valence-corrected chi connectivity index (χ4v) is 1.97. The average Bonchev–Trinajstić information content (AvgIpc) is 2.36. The number of hydrogen-bond donors (Lipinski definition) is 1. The molecule has 0 aliphatic rings. The van der Waals surface area contributed by atoms with Gasteiger partial charge < -0.3 is 10.1 Å². The lowest BCUT2D eigenvalue weighted by Gasteiger charge is -2.18. The van der Waals surface area contributed by atoms with Crippen LogP contribution in [0.15, 0.2) is 18.3 Å². The lowest BCUT2D eigenvalue weighted by molar-refractivity contribution is 0.114. The summed E-state index contributed by atoms with van der Waals surface area (Å²) in [4.78, 5) is 4.47. The fraction of sp³-hybridized carbons (Fsp3) is 0.688. The van der Waals surface area contributed by atoms with Crippen molar-refractivity contribution in [1.82, 2.24) is 10.3 Å². The van der Waals surface area contributed by atoms with Crippen LogP contribution in [0.3, 0.4) is 0 Å². The third-order valence-electron chi connectivity index (χ3n) is 3.13. The summed E-state index contributed by atoms with van der Waals surface area (Å²) in [6.07, 6.45) is 3.99. The molecule has 1 atom stereocenters. The first-order valence-corrected chi connectivity index (χ1v) is 7.37. The molecule has 1 rings (SSSR count). The third-order valence-corrected chi connectivity index (χ3v) is 3.13. The molecule has 1 unspecified atom stereocenters. The van der Waals surface area contributed by atoms with E-state index in [4.69, 9.17) is 4.74 Å². The highest BCUT2D eigenvalue weighted by atomic mass is 16.5. The molecular weight excluding hydrogens is 236 g/mol. The highest BCUT2D eigenvalue weighted by Gasteiger charge is 2.11. The number of rotatable bonds is 9. The molecule has 0 radical (unpaired) electrons. The first-order chi connectivity index (χ1) is 9.13. The highest BCUT2D eigenvalue weighted by Crippen LogP contribution is 2.15. The van der Waals surface area contributed by atoms with Crippen molar-refractivity contribution in [3.63, 3.8) is 0 Å². The molecule has 1 heterocycles. The van der Waals surface area contributed by atoms with E-state index >= 15 is 0 Å². The van der Waals surface area contributed by atoms with Gasteiger partial charge in [0.1, 0.15) is 0 Å². The minimum absolute atomic E-state index is 0.295. The number of hydrogen-bond acceptors (Lipinski definition) is 3. The zero-order chi connectivity index (χ0) is 14.1. The van der Waals surface area contributed by atoms with Gasteiger partial charge in [0, 0.05) is 19.4 Å². The van der Waals surface area contributed by atoms with Crippen LogP contribution in [0.5, 0.6) is 0 Å². The Bertz CT molecular complexity index is 352. The van der Waals surface area contributed by atoms with E-state index in [1.807, 2.05) is 12.3 Å². The van der Waals surface area contributed by atoms with E-state index in [9.17, 15) is 0 Å². The summed E-state index contributed by atoms with van der Waals surface area (Å²) in [7, 11) is 0. The number of nitrogens with one attached hydrogen (secondary N) is 1. The first kappa shape index (κ1) is 16.1. The van der Waals surface area contributed by atoms with Crippen molar-refractivity contribution in [1.29, 1.82) is 0 Å². The molecule has 1 N–H and O–H groups in total. The van der Waals surface area contributed by atoms with E-state index in [-0.39, 0.29) is 0 Å². The number of nitrogens with zero attached hydrogens (tertiary/aromatic N) is 1. The third kappa shape index (κ3) is 6.69. The van der Waals surface area contributed by atoms with Gasteiger partial charge in [0.25, 0.3) is 0 Å². The molecular formula is C16H28N2O. The van der Waals surface area contributed by atoms with Crippen LogP contribution in [0.1, 0.15) is 50.9 Å².